The molecule has 0 spiro atoms. The van der Waals surface area contributed by atoms with Gasteiger partial charge < -0.3 is 15.3 Å². The molecule has 8 heteroatoms. The van der Waals surface area contributed by atoms with Gasteiger partial charge in [0.2, 0.25) is 5.91 Å². The number of rotatable bonds is 20. The second-order valence-electron chi connectivity index (χ2n) is 7.31. The molecule has 0 saturated carbocycles. The van der Waals surface area contributed by atoms with Gasteiger partial charge in [-0.25, -0.2) is 4.57 Å². The SMILES string of the molecule is CCCCCCCCCCCC(=O)NC(CCCC)COP(=O)(O)OCCO. The second-order valence-corrected chi connectivity index (χ2v) is 8.76. The van der Waals surface area contributed by atoms with Crippen LogP contribution in [0.25, 0.3) is 0 Å². The fraction of sp³-hybridized carbons (Fsp3) is 0.950. The van der Waals surface area contributed by atoms with Crippen molar-refractivity contribution in [3.8, 4) is 0 Å². The lowest BCUT2D eigenvalue weighted by atomic mass is 10.1. The Morgan fingerprint density at radius 1 is 0.929 bits per heavy atom. The number of aliphatic hydroxyl groups is 1. The molecule has 1 amide bonds. The van der Waals surface area contributed by atoms with Crippen LogP contribution in [0.2, 0.25) is 0 Å². The molecule has 0 aliphatic rings. The highest BCUT2D eigenvalue weighted by Crippen LogP contribution is 2.43. The maximum absolute atomic E-state index is 12.2. The van der Waals surface area contributed by atoms with Gasteiger partial charge in [0.15, 0.2) is 0 Å². The minimum absolute atomic E-state index is 0.0447. The van der Waals surface area contributed by atoms with Crippen molar-refractivity contribution < 1.29 is 28.4 Å². The van der Waals surface area contributed by atoms with E-state index in [0.29, 0.717) is 12.8 Å². The number of hydrogen-bond donors (Lipinski definition) is 3. The van der Waals surface area contributed by atoms with Crippen LogP contribution in [0.15, 0.2) is 0 Å². The largest absolute Gasteiger partial charge is 0.472 e. The van der Waals surface area contributed by atoms with Crippen LogP contribution in [0, 0.1) is 0 Å². The summed E-state index contributed by atoms with van der Waals surface area (Å²) in [6, 6.07) is -0.316. The molecule has 0 rings (SSSR count). The van der Waals surface area contributed by atoms with Gasteiger partial charge in [0, 0.05) is 6.42 Å². The zero-order valence-electron chi connectivity index (χ0n) is 17.9. The van der Waals surface area contributed by atoms with Gasteiger partial charge in [0.25, 0.3) is 0 Å². The number of unbranched alkanes of at least 4 members (excludes halogenated alkanes) is 9. The highest BCUT2D eigenvalue weighted by Gasteiger charge is 2.23. The number of carbonyl (C=O) groups excluding carboxylic acids is 1. The Bertz CT molecular complexity index is 422. The topological polar surface area (TPSA) is 105 Å². The van der Waals surface area contributed by atoms with Crippen LogP contribution >= 0.6 is 7.82 Å². The van der Waals surface area contributed by atoms with Crippen LogP contribution in [-0.4, -0.2) is 41.8 Å². The minimum atomic E-state index is -4.19. The first-order valence-electron chi connectivity index (χ1n) is 11.0. The molecule has 0 aromatic carbocycles. The van der Waals surface area contributed by atoms with Crippen molar-refractivity contribution in [1.82, 2.24) is 5.32 Å². The summed E-state index contributed by atoms with van der Waals surface area (Å²) in [6.45, 7) is 3.56. The molecule has 0 saturated heterocycles. The molecule has 0 aliphatic heterocycles. The summed E-state index contributed by atoms with van der Waals surface area (Å²) in [5, 5.41) is 11.6. The summed E-state index contributed by atoms with van der Waals surface area (Å²) in [5.74, 6) is -0.0447. The molecule has 0 fully saturated rings. The molecule has 3 N–H and O–H groups in total. The summed E-state index contributed by atoms with van der Waals surface area (Å²) in [4.78, 5) is 21.7. The Morgan fingerprint density at radius 2 is 1.50 bits per heavy atom. The number of aliphatic hydroxyl groups excluding tert-OH is 1. The minimum Gasteiger partial charge on any atom is -0.394 e. The van der Waals surface area contributed by atoms with E-state index in [1.807, 2.05) is 6.92 Å². The summed E-state index contributed by atoms with van der Waals surface area (Å²) < 4.78 is 21.2. The number of phosphoric acid groups is 1. The summed E-state index contributed by atoms with van der Waals surface area (Å²) >= 11 is 0. The molecule has 0 bridgehead atoms. The molecular formula is C20H42NO6P. The third kappa shape index (κ3) is 17.6. The smallest absolute Gasteiger partial charge is 0.394 e. The lowest BCUT2D eigenvalue weighted by molar-refractivity contribution is -0.122. The Kier molecular flexibility index (Phi) is 18.3. The predicted molar refractivity (Wildman–Crippen MR) is 112 cm³/mol. The van der Waals surface area contributed by atoms with Gasteiger partial charge in [0.05, 0.1) is 25.9 Å². The van der Waals surface area contributed by atoms with Gasteiger partial charge in [-0.05, 0) is 12.8 Å². The molecule has 0 radical (unpaired) electrons. The highest BCUT2D eigenvalue weighted by atomic mass is 31.2. The standard InChI is InChI=1S/C20H42NO6P/c1-3-5-7-8-9-10-11-12-13-15-20(23)21-19(14-6-4-2)18-27-28(24,25)26-17-16-22/h19,22H,3-18H2,1-2H3,(H,21,23)(H,24,25). The predicted octanol–water partition coefficient (Wildman–Crippen LogP) is 4.71. The van der Waals surface area contributed by atoms with E-state index < -0.39 is 7.82 Å². The average Bonchev–Trinajstić information content (AvgIpc) is 2.67. The van der Waals surface area contributed by atoms with Gasteiger partial charge in [-0.1, -0.05) is 78.1 Å². The number of carbonyl (C=O) groups is 1. The molecule has 0 heterocycles. The Balaban J connectivity index is 4.00. The molecule has 2 atom stereocenters. The highest BCUT2D eigenvalue weighted by molar-refractivity contribution is 7.47. The third-order valence-corrected chi connectivity index (χ3v) is 5.55. The van der Waals surface area contributed by atoms with Gasteiger partial charge in [0.1, 0.15) is 0 Å². The van der Waals surface area contributed by atoms with Crippen molar-refractivity contribution in [2.24, 2.45) is 0 Å². The first kappa shape index (κ1) is 27.5. The summed E-state index contributed by atoms with van der Waals surface area (Å²) in [5.41, 5.74) is 0. The fourth-order valence-corrected chi connectivity index (χ4v) is 3.68. The maximum atomic E-state index is 12.2. The quantitative estimate of drug-likeness (QED) is 0.193. The summed E-state index contributed by atoms with van der Waals surface area (Å²) in [7, 11) is -4.19. The molecule has 0 aromatic rings. The van der Waals surface area contributed by atoms with E-state index in [0.717, 1.165) is 32.1 Å². The second kappa shape index (κ2) is 18.6. The van der Waals surface area contributed by atoms with E-state index in [2.05, 4.69) is 16.8 Å². The van der Waals surface area contributed by atoms with Gasteiger partial charge >= 0.3 is 7.82 Å². The molecule has 28 heavy (non-hydrogen) atoms. The lowest BCUT2D eigenvalue weighted by Gasteiger charge is -2.20. The van der Waals surface area contributed by atoms with Crippen molar-refractivity contribution in [3.05, 3.63) is 0 Å². The number of hydrogen-bond acceptors (Lipinski definition) is 5. The Labute approximate surface area is 171 Å². The van der Waals surface area contributed by atoms with Crippen LogP contribution in [0.4, 0.5) is 0 Å². The number of nitrogens with one attached hydrogen (secondary N) is 1. The number of phosphoric ester groups is 1. The van der Waals surface area contributed by atoms with Crippen LogP contribution < -0.4 is 5.32 Å². The van der Waals surface area contributed by atoms with Gasteiger partial charge in [-0.2, -0.15) is 0 Å². The van der Waals surface area contributed by atoms with Crippen LogP contribution in [0.1, 0.15) is 97.3 Å². The van der Waals surface area contributed by atoms with E-state index >= 15 is 0 Å². The van der Waals surface area contributed by atoms with Gasteiger partial charge in [-0.3, -0.25) is 13.8 Å². The third-order valence-electron chi connectivity index (χ3n) is 4.56. The monoisotopic (exact) mass is 423 g/mol. The normalized spacial score (nSPS) is 14.6. The van der Waals surface area contributed by atoms with Crippen molar-refractivity contribution >= 4 is 13.7 Å². The maximum Gasteiger partial charge on any atom is 0.472 e. The van der Waals surface area contributed by atoms with Crippen molar-refractivity contribution in [2.75, 3.05) is 19.8 Å². The average molecular weight is 424 g/mol. The summed E-state index contributed by atoms with van der Waals surface area (Å²) in [6.07, 6.45) is 13.8. The molecule has 168 valence electrons. The van der Waals surface area contributed by atoms with E-state index in [-0.39, 0.29) is 31.8 Å². The molecular weight excluding hydrogens is 381 g/mol. The van der Waals surface area contributed by atoms with E-state index in [9.17, 15) is 14.3 Å². The van der Waals surface area contributed by atoms with Crippen molar-refractivity contribution in [3.63, 3.8) is 0 Å². The van der Waals surface area contributed by atoms with Crippen molar-refractivity contribution in [2.45, 2.75) is 103 Å². The fourth-order valence-electron chi connectivity index (χ4n) is 2.92. The first-order chi connectivity index (χ1) is 13.4. The molecule has 0 aliphatic carbocycles. The van der Waals surface area contributed by atoms with Crippen LogP contribution in [-0.2, 0) is 18.4 Å². The first-order valence-corrected chi connectivity index (χ1v) is 12.5. The van der Waals surface area contributed by atoms with Gasteiger partial charge in [-0.15, -0.1) is 0 Å². The zero-order valence-corrected chi connectivity index (χ0v) is 18.8. The zero-order chi connectivity index (χ0) is 21.1. The Morgan fingerprint density at radius 3 is 2.07 bits per heavy atom. The molecule has 7 nitrogen and oxygen atoms in total. The lowest BCUT2D eigenvalue weighted by Crippen LogP contribution is -2.38. The van der Waals surface area contributed by atoms with E-state index in [1.54, 1.807) is 0 Å². The van der Waals surface area contributed by atoms with Crippen LogP contribution in [0.5, 0.6) is 0 Å². The van der Waals surface area contributed by atoms with Crippen LogP contribution in [0.3, 0.4) is 0 Å². The number of amides is 1. The molecule has 2 unspecified atom stereocenters. The van der Waals surface area contributed by atoms with E-state index in [1.165, 1.54) is 38.5 Å². The Hall–Kier alpha value is -0.460. The molecule has 0 aromatic heterocycles. The van der Waals surface area contributed by atoms with E-state index in [4.69, 9.17) is 9.63 Å². The van der Waals surface area contributed by atoms with Crippen molar-refractivity contribution in [1.29, 1.82) is 0 Å².